The number of aryl methyl sites for hydroxylation is 1. The molecule has 0 saturated heterocycles. The predicted octanol–water partition coefficient (Wildman–Crippen LogP) is 2.79. The molecule has 1 aliphatic carbocycles. The second-order valence-corrected chi connectivity index (χ2v) is 4.37. The van der Waals surface area contributed by atoms with Crippen LogP contribution in [-0.2, 0) is 0 Å². The molecule has 1 heterocycles. The Morgan fingerprint density at radius 2 is 1.80 bits per heavy atom. The van der Waals surface area contributed by atoms with Crippen molar-refractivity contribution in [2.75, 3.05) is 12.4 Å². The average molecular weight is 205 g/mol. The number of hydrogen-bond acceptors (Lipinski definition) is 3. The molecule has 3 nitrogen and oxygen atoms in total. The van der Waals surface area contributed by atoms with Gasteiger partial charge in [-0.3, -0.25) is 0 Å². The fourth-order valence-electron chi connectivity index (χ4n) is 2.26. The van der Waals surface area contributed by atoms with Crippen LogP contribution in [0.1, 0.15) is 48.7 Å². The summed E-state index contributed by atoms with van der Waals surface area (Å²) in [6, 6.07) is 0. The van der Waals surface area contributed by atoms with Crippen LogP contribution in [0.25, 0.3) is 0 Å². The van der Waals surface area contributed by atoms with Gasteiger partial charge in [0.05, 0.1) is 0 Å². The summed E-state index contributed by atoms with van der Waals surface area (Å²) < 4.78 is 0. The lowest BCUT2D eigenvalue weighted by Crippen LogP contribution is -2.07. The van der Waals surface area contributed by atoms with Crippen LogP contribution < -0.4 is 5.32 Å². The van der Waals surface area contributed by atoms with Gasteiger partial charge in [0.2, 0.25) is 0 Å². The van der Waals surface area contributed by atoms with E-state index in [1.54, 1.807) is 0 Å². The van der Waals surface area contributed by atoms with E-state index in [4.69, 9.17) is 0 Å². The van der Waals surface area contributed by atoms with Gasteiger partial charge in [-0.15, -0.1) is 0 Å². The van der Waals surface area contributed by atoms with Gasteiger partial charge in [-0.05, 0) is 26.7 Å². The van der Waals surface area contributed by atoms with Crippen LogP contribution in [0.15, 0.2) is 0 Å². The maximum atomic E-state index is 4.61. The third kappa shape index (κ3) is 1.96. The second-order valence-electron chi connectivity index (χ2n) is 4.37. The fraction of sp³-hybridized carbons (Fsp3) is 0.667. The Kier molecular flexibility index (Phi) is 2.89. The van der Waals surface area contributed by atoms with Crippen molar-refractivity contribution in [2.45, 2.75) is 45.4 Å². The van der Waals surface area contributed by atoms with Crippen LogP contribution in [0.3, 0.4) is 0 Å². The summed E-state index contributed by atoms with van der Waals surface area (Å²) >= 11 is 0. The molecule has 2 rings (SSSR count). The van der Waals surface area contributed by atoms with Gasteiger partial charge in [-0.2, -0.15) is 0 Å². The highest BCUT2D eigenvalue weighted by Crippen LogP contribution is 2.33. The smallest absolute Gasteiger partial charge is 0.134 e. The Hall–Kier alpha value is -1.12. The summed E-state index contributed by atoms with van der Waals surface area (Å²) in [7, 11) is 1.92. The predicted molar refractivity (Wildman–Crippen MR) is 62.3 cm³/mol. The van der Waals surface area contributed by atoms with E-state index in [0.717, 1.165) is 17.3 Å². The molecule has 1 aromatic heterocycles. The molecule has 0 spiro atoms. The standard InChI is InChI=1S/C12H19N3/c1-8-9(2)14-12(15-11(8)13-3)10-6-4-5-7-10/h10H,4-7H2,1-3H3,(H,13,14,15). The Morgan fingerprint density at radius 1 is 1.13 bits per heavy atom. The largest absolute Gasteiger partial charge is 0.373 e. The van der Waals surface area contributed by atoms with Gasteiger partial charge in [0.15, 0.2) is 0 Å². The zero-order valence-corrected chi connectivity index (χ0v) is 9.80. The molecule has 0 aromatic carbocycles. The van der Waals surface area contributed by atoms with Gasteiger partial charge in [-0.25, -0.2) is 9.97 Å². The van der Waals surface area contributed by atoms with E-state index in [9.17, 15) is 0 Å². The molecular weight excluding hydrogens is 186 g/mol. The summed E-state index contributed by atoms with van der Waals surface area (Å²) in [6.07, 6.45) is 5.17. The number of nitrogens with one attached hydrogen (secondary N) is 1. The number of aromatic nitrogens is 2. The van der Waals surface area contributed by atoms with E-state index < -0.39 is 0 Å². The Labute approximate surface area is 91.3 Å². The SMILES string of the molecule is CNc1nc(C2CCCC2)nc(C)c1C. The number of hydrogen-bond donors (Lipinski definition) is 1. The molecule has 0 bridgehead atoms. The molecule has 0 amide bonds. The third-order valence-electron chi connectivity index (χ3n) is 3.36. The normalized spacial score (nSPS) is 17.0. The van der Waals surface area contributed by atoms with Gasteiger partial charge in [0, 0.05) is 24.2 Å². The first-order valence-corrected chi connectivity index (χ1v) is 5.75. The van der Waals surface area contributed by atoms with Crippen molar-refractivity contribution >= 4 is 5.82 Å². The second kappa shape index (κ2) is 4.17. The van der Waals surface area contributed by atoms with Gasteiger partial charge < -0.3 is 5.32 Å². The Balaban J connectivity index is 2.35. The van der Waals surface area contributed by atoms with Crippen molar-refractivity contribution in [1.82, 2.24) is 9.97 Å². The third-order valence-corrected chi connectivity index (χ3v) is 3.36. The lowest BCUT2D eigenvalue weighted by molar-refractivity contribution is 0.663. The molecule has 0 atom stereocenters. The molecule has 0 aliphatic heterocycles. The summed E-state index contributed by atoms with van der Waals surface area (Å²) in [5.74, 6) is 2.63. The lowest BCUT2D eigenvalue weighted by Gasteiger charge is -2.13. The van der Waals surface area contributed by atoms with Gasteiger partial charge in [0.1, 0.15) is 11.6 Å². The van der Waals surface area contributed by atoms with Gasteiger partial charge in [-0.1, -0.05) is 12.8 Å². The molecule has 15 heavy (non-hydrogen) atoms. The molecular formula is C12H19N3. The molecule has 1 aliphatic rings. The Bertz CT molecular complexity index is 354. The van der Waals surface area contributed by atoms with Gasteiger partial charge >= 0.3 is 0 Å². The molecule has 1 aromatic rings. The van der Waals surface area contributed by atoms with Crippen LogP contribution in [0, 0.1) is 13.8 Å². The molecule has 1 N–H and O–H groups in total. The van der Waals surface area contributed by atoms with Crippen molar-refractivity contribution in [3.05, 3.63) is 17.1 Å². The number of anilines is 1. The van der Waals surface area contributed by atoms with E-state index in [1.807, 2.05) is 7.05 Å². The van der Waals surface area contributed by atoms with Crippen molar-refractivity contribution in [2.24, 2.45) is 0 Å². The minimum absolute atomic E-state index is 0.594. The minimum atomic E-state index is 0.594. The molecule has 0 unspecified atom stereocenters. The van der Waals surface area contributed by atoms with Crippen LogP contribution in [0.5, 0.6) is 0 Å². The van der Waals surface area contributed by atoms with Crippen molar-refractivity contribution < 1.29 is 0 Å². The van der Waals surface area contributed by atoms with E-state index in [2.05, 4.69) is 29.1 Å². The molecule has 1 fully saturated rings. The summed E-state index contributed by atoms with van der Waals surface area (Å²) in [4.78, 5) is 9.22. The van der Waals surface area contributed by atoms with E-state index in [-0.39, 0.29) is 0 Å². The zero-order valence-electron chi connectivity index (χ0n) is 9.80. The minimum Gasteiger partial charge on any atom is -0.373 e. The topological polar surface area (TPSA) is 37.8 Å². The monoisotopic (exact) mass is 205 g/mol. The number of nitrogens with zero attached hydrogens (tertiary/aromatic N) is 2. The van der Waals surface area contributed by atoms with Crippen LogP contribution >= 0.6 is 0 Å². The van der Waals surface area contributed by atoms with Gasteiger partial charge in [0.25, 0.3) is 0 Å². The molecule has 3 heteroatoms. The molecule has 1 saturated carbocycles. The summed E-state index contributed by atoms with van der Waals surface area (Å²) in [5, 5.41) is 3.15. The first kappa shape index (κ1) is 10.4. The van der Waals surface area contributed by atoms with Crippen molar-refractivity contribution in [3.8, 4) is 0 Å². The highest BCUT2D eigenvalue weighted by Gasteiger charge is 2.21. The highest BCUT2D eigenvalue weighted by atomic mass is 15.0. The summed E-state index contributed by atoms with van der Waals surface area (Å²) in [6.45, 7) is 4.13. The van der Waals surface area contributed by atoms with E-state index in [1.165, 1.54) is 31.2 Å². The highest BCUT2D eigenvalue weighted by molar-refractivity contribution is 5.45. The van der Waals surface area contributed by atoms with Crippen LogP contribution in [0.2, 0.25) is 0 Å². The maximum absolute atomic E-state index is 4.61. The van der Waals surface area contributed by atoms with Crippen LogP contribution in [0.4, 0.5) is 5.82 Å². The summed E-state index contributed by atoms with van der Waals surface area (Å²) in [5.41, 5.74) is 2.27. The Morgan fingerprint density at radius 3 is 2.40 bits per heavy atom. The first-order chi connectivity index (χ1) is 7.22. The molecule has 0 radical (unpaired) electrons. The van der Waals surface area contributed by atoms with E-state index >= 15 is 0 Å². The fourth-order valence-corrected chi connectivity index (χ4v) is 2.26. The number of rotatable bonds is 2. The van der Waals surface area contributed by atoms with E-state index in [0.29, 0.717) is 5.92 Å². The van der Waals surface area contributed by atoms with Crippen molar-refractivity contribution in [3.63, 3.8) is 0 Å². The van der Waals surface area contributed by atoms with Crippen molar-refractivity contribution in [1.29, 1.82) is 0 Å². The quantitative estimate of drug-likeness (QED) is 0.806. The zero-order chi connectivity index (χ0) is 10.8. The maximum Gasteiger partial charge on any atom is 0.134 e. The first-order valence-electron chi connectivity index (χ1n) is 5.75. The van der Waals surface area contributed by atoms with Crippen LogP contribution in [-0.4, -0.2) is 17.0 Å². The lowest BCUT2D eigenvalue weighted by atomic mass is 10.1. The molecule has 82 valence electrons. The average Bonchev–Trinajstić information content (AvgIpc) is 2.75.